The number of aromatic nitrogens is 2. The van der Waals surface area contributed by atoms with Crippen LogP contribution < -0.4 is 15.8 Å². The Morgan fingerprint density at radius 1 is 1.00 bits per heavy atom. The lowest BCUT2D eigenvalue weighted by atomic mass is 10.1. The van der Waals surface area contributed by atoms with Gasteiger partial charge in [-0.2, -0.15) is 0 Å². The lowest BCUT2D eigenvalue weighted by Crippen LogP contribution is -2.44. The molecule has 0 bridgehead atoms. The van der Waals surface area contributed by atoms with Gasteiger partial charge in [-0.3, -0.25) is 14.2 Å². The summed E-state index contributed by atoms with van der Waals surface area (Å²) in [6, 6.07) is 10.7. The summed E-state index contributed by atoms with van der Waals surface area (Å²) in [7, 11) is 2.11. The number of halogens is 1. The summed E-state index contributed by atoms with van der Waals surface area (Å²) in [6.07, 6.45) is 3.92. The summed E-state index contributed by atoms with van der Waals surface area (Å²) < 4.78 is 1.80. The highest BCUT2D eigenvalue weighted by Crippen LogP contribution is 2.30. The molecule has 8 heteroatoms. The van der Waals surface area contributed by atoms with Crippen molar-refractivity contribution >= 4 is 39.8 Å². The number of benzene rings is 2. The molecule has 3 heterocycles. The van der Waals surface area contributed by atoms with Gasteiger partial charge in [-0.15, -0.1) is 0 Å². The number of amides is 1. The van der Waals surface area contributed by atoms with E-state index in [1.54, 1.807) is 28.8 Å². The van der Waals surface area contributed by atoms with Crippen molar-refractivity contribution in [2.75, 3.05) is 43.4 Å². The van der Waals surface area contributed by atoms with Crippen molar-refractivity contribution in [3.8, 4) is 0 Å². The topological polar surface area (TPSA) is 70.5 Å². The van der Waals surface area contributed by atoms with Gasteiger partial charge in [0.05, 0.1) is 22.3 Å². The van der Waals surface area contributed by atoms with Crippen molar-refractivity contribution in [1.82, 2.24) is 14.5 Å². The molecule has 1 amide bonds. The number of rotatable bonds is 3. The predicted octanol–water partition coefficient (Wildman–Crippen LogP) is 3.78. The molecule has 3 aromatic rings. The molecule has 1 saturated heterocycles. The van der Waals surface area contributed by atoms with Crippen LogP contribution in [0.3, 0.4) is 0 Å². The van der Waals surface area contributed by atoms with Gasteiger partial charge >= 0.3 is 0 Å². The molecule has 0 atom stereocenters. The maximum absolute atomic E-state index is 13.2. The molecule has 0 unspecified atom stereocenters. The van der Waals surface area contributed by atoms with Gasteiger partial charge in [0.2, 0.25) is 0 Å². The molecule has 1 N–H and O–H groups in total. The Bertz CT molecular complexity index is 1260. The van der Waals surface area contributed by atoms with Gasteiger partial charge in [0, 0.05) is 49.7 Å². The summed E-state index contributed by atoms with van der Waals surface area (Å²) in [5.41, 5.74) is 2.68. The largest absolute Gasteiger partial charge is 0.367 e. The molecule has 0 saturated carbocycles. The fraction of sp³-hybridized carbons (Fsp3) is 0.400. The van der Waals surface area contributed by atoms with E-state index >= 15 is 0 Å². The van der Waals surface area contributed by atoms with Gasteiger partial charge in [-0.25, -0.2) is 4.98 Å². The third-order valence-electron chi connectivity index (χ3n) is 6.63. The van der Waals surface area contributed by atoms with Crippen LogP contribution in [0, 0.1) is 0 Å². The van der Waals surface area contributed by atoms with E-state index in [1.807, 2.05) is 12.1 Å². The van der Waals surface area contributed by atoms with Crippen LogP contribution in [-0.2, 0) is 13.0 Å². The maximum atomic E-state index is 13.2. The van der Waals surface area contributed by atoms with E-state index in [0.717, 1.165) is 63.4 Å². The standard InChI is InChI=1S/C25H28ClN5O2/c1-29-11-13-30(14-12-29)22-9-7-18(26)16-21(22)28-24(32)17-6-8-19-20(15-17)27-23-5-3-2-4-10-31(23)25(19)33/h6-9,15-16H,2-5,10-14H2,1H3,(H,28,32). The van der Waals surface area contributed by atoms with E-state index in [0.29, 0.717) is 33.7 Å². The highest BCUT2D eigenvalue weighted by Gasteiger charge is 2.20. The molecule has 33 heavy (non-hydrogen) atoms. The van der Waals surface area contributed by atoms with E-state index in [-0.39, 0.29) is 11.5 Å². The molecule has 172 valence electrons. The van der Waals surface area contributed by atoms with Crippen LogP contribution in [0.1, 0.15) is 35.4 Å². The lowest BCUT2D eigenvalue weighted by Gasteiger charge is -2.35. The first-order valence-electron chi connectivity index (χ1n) is 11.6. The van der Waals surface area contributed by atoms with Crippen molar-refractivity contribution in [2.24, 2.45) is 0 Å². The number of piperazine rings is 1. The van der Waals surface area contributed by atoms with Crippen molar-refractivity contribution < 1.29 is 4.79 Å². The number of hydrogen-bond donors (Lipinski definition) is 1. The van der Waals surface area contributed by atoms with Crippen LogP contribution in [0.5, 0.6) is 0 Å². The molecular formula is C25H28ClN5O2. The summed E-state index contributed by atoms with van der Waals surface area (Å²) in [5, 5.41) is 4.16. The van der Waals surface area contributed by atoms with Crippen LogP contribution in [0.25, 0.3) is 10.9 Å². The van der Waals surface area contributed by atoms with Crippen LogP contribution in [0.15, 0.2) is 41.2 Å². The third kappa shape index (κ3) is 4.48. The van der Waals surface area contributed by atoms with E-state index in [4.69, 9.17) is 16.6 Å². The van der Waals surface area contributed by atoms with Crippen molar-refractivity contribution in [2.45, 2.75) is 32.2 Å². The number of carbonyl (C=O) groups is 1. The zero-order chi connectivity index (χ0) is 22.9. The zero-order valence-electron chi connectivity index (χ0n) is 18.8. The van der Waals surface area contributed by atoms with Crippen molar-refractivity contribution in [1.29, 1.82) is 0 Å². The van der Waals surface area contributed by atoms with E-state index in [9.17, 15) is 9.59 Å². The van der Waals surface area contributed by atoms with Crippen LogP contribution in [0.2, 0.25) is 5.02 Å². The molecule has 2 aliphatic rings. The van der Waals surface area contributed by atoms with Crippen molar-refractivity contribution in [3.05, 3.63) is 63.2 Å². The number of hydrogen-bond acceptors (Lipinski definition) is 5. The smallest absolute Gasteiger partial charge is 0.261 e. The molecule has 0 spiro atoms. The molecule has 7 nitrogen and oxygen atoms in total. The molecule has 5 rings (SSSR count). The summed E-state index contributed by atoms with van der Waals surface area (Å²) in [6.45, 7) is 4.41. The minimum atomic E-state index is -0.244. The fourth-order valence-corrected chi connectivity index (χ4v) is 4.86. The molecule has 0 radical (unpaired) electrons. The number of carbonyl (C=O) groups excluding carboxylic acids is 1. The van der Waals surface area contributed by atoms with E-state index < -0.39 is 0 Å². The minimum absolute atomic E-state index is 0.0175. The number of nitrogens with zero attached hydrogens (tertiary/aromatic N) is 4. The third-order valence-corrected chi connectivity index (χ3v) is 6.86. The van der Waals surface area contributed by atoms with Gasteiger partial charge in [0.25, 0.3) is 11.5 Å². The quantitative estimate of drug-likeness (QED) is 0.637. The fourth-order valence-electron chi connectivity index (χ4n) is 4.69. The normalized spacial score (nSPS) is 17.0. The summed E-state index contributed by atoms with van der Waals surface area (Å²) >= 11 is 6.26. The molecule has 2 aliphatic heterocycles. The Morgan fingerprint density at radius 3 is 2.64 bits per heavy atom. The Hall–Kier alpha value is -2.90. The first-order chi connectivity index (χ1) is 16.0. The average molecular weight is 466 g/mol. The molecule has 1 fully saturated rings. The van der Waals surface area contributed by atoms with E-state index in [1.165, 1.54) is 0 Å². The monoisotopic (exact) mass is 465 g/mol. The van der Waals surface area contributed by atoms with E-state index in [2.05, 4.69) is 22.2 Å². The second-order valence-corrected chi connectivity index (χ2v) is 9.37. The van der Waals surface area contributed by atoms with Gasteiger partial charge in [-0.1, -0.05) is 18.0 Å². The SMILES string of the molecule is CN1CCN(c2ccc(Cl)cc2NC(=O)c2ccc3c(=O)n4c(nc3c2)CCCCC4)CC1. The first kappa shape index (κ1) is 21.9. The Morgan fingerprint density at radius 2 is 1.82 bits per heavy atom. The van der Waals surface area contributed by atoms with Crippen molar-refractivity contribution in [3.63, 3.8) is 0 Å². The van der Waals surface area contributed by atoms with Gasteiger partial charge in [-0.05, 0) is 56.3 Å². The van der Waals surface area contributed by atoms with Crippen LogP contribution in [-0.4, -0.2) is 53.6 Å². The first-order valence-corrected chi connectivity index (χ1v) is 12.0. The maximum Gasteiger partial charge on any atom is 0.261 e. The van der Waals surface area contributed by atoms with Gasteiger partial charge in [0.15, 0.2) is 0 Å². The summed E-state index contributed by atoms with van der Waals surface area (Å²) in [4.78, 5) is 35.5. The number of nitrogens with one attached hydrogen (secondary N) is 1. The number of fused-ring (bicyclic) bond motifs is 2. The Labute approximate surface area is 198 Å². The number of likely N-dealkylation sites (N-methyl/N-ethyl adjacent to an activating group) is 1. The van der Waals surface area contributed by atoms with Crippen LogP contribution in [0.4, 0.5) is 11.4 Å². The summed E-state index contributed by atoms with van der Waals surface area (Å²) in [5.74, 6) is 0.571. The second-order valence-electron chi connectivity index (χ2n) is 8.93. The second kappa shape index (κ2) is 9.15. The minimum Gasteiger partial charge on any atom is -0.367 e. The Balaban J connectivity index is 1.45. The molecule has 0 aliphatic carbocycles. The molecule has 2 aromatic carbocycles. The highest BCUT2D eigenvalue weighted by atomic mass is 35.5. The van der Waals surface area contributed by atoms with Gasteiger partial charge in [0.1, 0.15) is 5.82 Å². The highest BCUT2D eigenvalue weighted by molar-refractivity contribution is 6.31. The van der Waals surface area contributed by atoms with Crippen LogP contribution >= 0.6 is 11.6 Å². The Kier molecular flexibility index (Phi) is 6.08. The molecule has 1 aromatic heterocycles. The number of aryl methyl sites for hydroxylation is 1. The molecular weight excluding hydrogens is 438 g/mol. The zero-order valence-corrected chi connectivity index (χ0v) is 19.6. The number of anilines is 2. The predicted molar refractivity (Wildman–Crippen MR) is 133 cm³/mol. The lowest BCUT2D eigenvalue weighted by molar-refractivity contribution is 0.102. The average Bonchev–Trinajstić information content (AvgIpc) is 3.05. The van der Waals surface area contributed by atoms with Gasteiger partial charge < -0.3 is 15.1 Å².